The molecule has 0 saturated heterocycles. The Morgan fingerprint density at radius 3 is 2.82 bits per heavy atom. The summed E-state index contributed by atoms with van der Waals surface area (Å²) >= 11 is 0. The quantitative estimate of drug-likeness (QED) is 0.878. The van der Waals surface area contributed by atoms with Crippen molar-refractivity contribution in [3.05, 3.63) is 11.4 Å². The minimum Gasteiger partial charge on any atom is -0.323 e. The van der Waals surface area contributed by atoms with E-state index in [2.05, 4.69) is 31.0 Å². The first-order chi connectivity index (χ1) is 10.6. The summed E-state index contributed by atoms with van der Waals surface area (Å²) in [5.41, 5.74) is 2.28. The lowest BCUT2D eigenvalue weighted by Crippen LogP contribution is -2.14. The highest BCUT2D eigenvalue weighted by Gasteiger charge is 2.19. The molecule has 8 nitrogen and oxygen atoms in total. The number of anilines is 1. The van der Waals surface area contributed by atoms with Gasteiger partial charge in [-0.2, -0.15) is 15.0 Å². The summed E-state index contributed by atoms with van der Waals surface area (Å²) in [4.78, 5) is 12.2. The molecule has 1 saturated carbocycles. The Balaban J connectivity index is 1.65. The number of carbonyl (C=O) groups is 1. The predicted octanol–water partition coefficient (Wildman–Crippen LogP) is 1.91. The number of hydrogen-bond acceptors (Lipinski definition) is 5. The standard InChI is InChI=1S/C14H21N7O/c1-9-13(10(2)21(18-9)14-16-19-20-17-14)15-12(22)8-7-11-5-3-4-6-11/h11H,3-8H2,1-2H3,(H,15,22)(H,16,17,19,20). The summed E-state index contributed by atoms with van der Waals surface area (Å²) < 4.78 is 1.57. The summed E-state index contributed by atoms with van der Waals surface area (Å²) in [7, 11) is 0. The van der Waals surface area contributed by atoms with Gasteiger partial charge < -0.3 is 5.32 Å². The van der Waals surface area contributed by atoms with E-state index < -0.39 is 0 Å². The van der Waals surface area contributed by atoms with E-state index in [4.69, 9.17) is 0 Å². The fourth-order valence-electron chi connectivity index (χ4n) is 3.10. The second-order valence-electron chi connectivity index (χ2n) is 5.91. The van der Waals surface area contributed by atoms with Crippen molar-refractivity contribution in [2.45, 2.75) is 52.4 Å². The number of aromatic amines is 1. The molecule has 22 heavy (non-hydrogen) atoms. The summed E-state index contributed by atoms with van der Waals surface area (Å²) in [6.45, 7) is 3.74. The van der Waals surface area contributed by atoms with E-state index >= 15 is 0 Å². The van der Waals surface area contributed by atoms with Crippen LogP contribution in [-0.2, 0) is 4.79 Å². The molecule has 2 N–H and O–H groups in total. The van der Waals surface area contributed by atoms with E-state index in [0.717, 1.165) is 29.4 Å². The molecule has 1 amide bonds. The van der Waals surface area contributed by atoms with E-state index in [1.54, 1.807) is 4.68 Å². The highest BCUT2D eigenvalue weighted by molar-refractivity contribution is 5.91. The zero-order valence-electron chi connectivity index (χ0n) is 13.0. The summed E-state index contributed by atoms with van der Waals surface area (Å²) in [5, 5.41) is 21.1. The van der Waals surface area contributed by atoms with Gasteiger partial charge in [0.15, 0.2) is 0 Å². The highest BCUT2D eigenvalue weighted by atomic mass is 16.1. The van der Waals surface area contributed by atoms with E-state index in [9.17, 15) is 4.79 Å². The van der Waals surface area contributed by atoms with E-state index in [0.29, 0.717) is 12.4 Å². The van der Waals surface area contributed by atoms with Gasteiger partial charge in [0.2, 0.25) is 5.91 Å². The van der Waals surface area contributed by atoms with E-state index in [1.807, 2.05) is 13.8 Å². The molecule has 1 aliphatic rings. The molecule has 0 radical (unpaired) electrons. The number of aryl methyl sites for hydroxylation is 1. The van der Waals surface area contributed by atoms with Gasteiger partial charge in [-0.1, -0.05) is 30.8 Å². The number of carbonyl (C=O) groups excluding carboxylic acids is 1. The zero-order chi connectivity index (χ0) is 15.5. The number of rotatable bonds is 5. The first-order valence-electron chi connectivity index (χ1n) is 7.75. The maximum Gasteiger partial charge on any atom is 0.290 e. The van der Waals surface area contributed by atoms with Gasteiger partial charge >= 0.3 is 0 Å². The predicted molar refractivity (Wildman–Crippen MR) is 80.6 cm³/mol. The van der Waals surface area contributed by atoms with Gasteiger partial charge in [0.1, 0.15) is 0 Å². The average Bonchev–Trinajstić information content (AvgIpc) is 3.23. The van der Waals surface area contributed by atoms with Crippen molar-refractivity contribution in [2.24, 2.45) is 5.92 Å². The Labute approximate surface area is 128 Å². The van der Waals surface area contributed by atoms with Gasteiger partial charge in [-0.15, -0.1) is 5.10 Å². The van der Waals surface area contributed by atoms with Crippen LogP contribution in [0.5, 0.6) is 0 Å². The van der Waals surface area contributed by atoms with Crippen LogP contribution in [-0.4, -0.2) is 36.3 Å². The largest absolute Gasteiger partial charge is 0.323 e. The second kappa shape index (κ2) is 6.25. The molecule has 3 rings (SSSR count). The summed E-state index contributed by atoms with van der Waals surface area (Å²) in [5.74, 6) is 1.13. The maximum atomic E-state index is 12.2. The van der Waals surface area contributed by atoms with Crippen LogP contribution in [0.2, 0.25) is 0 Å². The molecule has 0 spiro atoms. The molecule has 2 heterocycles. The van der Waals surface area contributed by atoms with Crippen LogP contribution in [0.3, 0.4) is 0 Å². The molecular formula is C14H21N7O. The Bertz CT molecular complexity index is 640. The molecule has 8 heteroatoms. The lowest BCUT2D eigenvalue weighted by Gasteiger charge is -2.09. The molecular weight excluding hydrogens is 282 g/mol. The number of amides is 1. The topological polar surface area (TPSA) is 101 Å². The van der Waals surface area contributed by atoms with Crippen LogP contribution < -0.4 is 5.32 Å². The van der Waals surface area contributed by atoms with Crippen molar-refractivity contribution >= 4 is 11.6 Å². The number of nitrogens with zero attached hydrogens (tertiary/aromatic N) is 5. The minimum atomic E-state index is 0.0470. The maximum absolute atomic E-state index is 12.2. The van der Waals surface area contributed by atoms with Crippen molar-refractivity contribution in [3.63, 3.8) is 0 Å². The first kappa shape index (κ1) is 14.7. The van der Waals surface area contributed by atoms with Gasteiger partial charge in [0.05, 0.1) is 17.1 Å². The molecule has 2 aromatic heterocycles. The van der Waals surface area contributed by atoms with E-state index in [1.165, 1.54) is 25.7 Å². The fraction of sp³-hybridized carbons (Fsp3) is 0.643. The van der Waals surface area contributed by atoms with Crippen molar-refractivity contribution in [1.82, 2.24) is 30.4 Å². The number of H-pyrrole nitrogens is 1. The third kappa shape index (κ3) is 3.00. The lowest BCUT2D eigenvalue weighted by molar-refractivity contribution is -0.116. The third-order valence-electron chi connectivity index (χ3n) is 4.33. The normalized spacial score (nSPS) is 15.4. The number of aromatic nitrogens is 6. The number of nitrogens with one attached hydrogen (secondary N) is 2. The summed E-state index contributed by atoms with van der Waals surface area (Å²) in [6, 6.07) is 0. The third-order valence-corrected chi connectivity index (χ3v) is 4.33. The van der Waals surface area contributed by atoms with Gasteiger partial charge in [0, 0.05) is 6.42 Å². The van der Waals surface area contributed by atoms with Crippen LogP contribution in [0.1, 0.15) is 49.9 Å². The Morgan fingerprint density at radius 1 is 1.36 bits per heavy atom. The zero-order valence-corrected chi connectivity index (χ0v) is 13.0. The second-order valence-corrected chi connectivity index (χ2v) is 5.91. The molecule has 0 aromatic carbocycles. The van der Waals surface area contributed by atoms with Gasteiger partial charge in [-0.25, -0.2) is 0 Å². The molecule has 1 fully saturated rings. The van der Waals surface area contributed by atoms with Crippen molar-refractivity contribution < 1.29 is 4.79 Å². The van der Waals surface area contributed by atoms with Crippen molar-refractivity contribution in [1.29, 1.82) is 0 Å². The molecule has 0 aliphatic heterocycles. The van der Waals surface area contributed by atoms with Gasteiger partial charge in [0.25, 0.3) is 5.95 Å². The van der Waals surface area contributed by atoms with Crippen LogP contribution in [0.4, 0.5) is 5.69 Å². The molecule has 0 atom stereocenters. The van der Waals surface area contributed by atoms with Gasteiger partial charge in [-0.3, -0.25) is 4.79 Å². The molecule has 2 aromatic rings. The van der Waals surface area contributed by atoms with Crippen LogP contribution in [0.15, 0.2) is 0 Å². The fourth-order valence-corrected chi connectivity index (χ4v) is 3.10. The van der Waals surface area contributed by atoms with Crippen LogP contribution >= 0.6 is 0 Å². The minimum absolute atomic E-state index is 0.0470. The number of hydrogen-bond donors (Lipinski definition) is 2. The Morgan fingerprint density at radius 2 is 2.14 bits per heavy atom. The van der Waals surface area contributed by atoms with Crippen LogP contribution in [0, 0.1) is 19.8 Å². The number of tetrazole rings is 1. The highest BCUT2D eigenvalue weighted by Crippen LogP contribution is 2.29. The molecule has 1 aliphatic carbocycles. The Kier molecular flexibility index (Phi) is 4.17. The first-order valence-corrected chi connectivity index (χ1v) is 7.75. The van der Waals surface area contributed by atoms with Crippen molar-refractivity contribution in [3.8, 4) is 5.95 Å². The Hall–Kier alpha value is -2.25. The van der Waals surface area contributed by atoms with E-state index in [-0.39, 0.29) is 5.91 Å². The molecule has 0 unspecified atom stereocenters. The van der Waals surface area contributed by atoms with Crippen LogP contribution in [0.25, 0.3) is 5.95 Å². The summed E-state index contributed by atoms with van der Waals surface area (Å²) in [6.07, 6.45) is 6.69. The van der Waals surface area contributed by atoms with Crippen molar-refractivity contribution in [2.75, 3.05) is 5.32 Å². The monoisotopic (exact) mass is 303 g/mol. The molecule has 118 valence electrons. The smallest absolute Gasteiger partial charge is 0.290 e. The van der Waals surface area contributed by atoms with Gasteiger partial charge in [-0.05, 0) is 31.4 Å². The molecule has 0 bridgehead atoms. The lowest BCUT2D eigenvalue weighted by atomic mass is 10.0. The SMILES string of the molecule is Cc1nn(-c2nn[nH]n2)c(C)c1NC(=O)CCC1CCCC1. The average molecular weight is 303 g/mol.